The highest BCUT2D eigenvalue weighted by atomic mass is 16.4. The van der Waals surface area contributed by atoms with E-state index in [1.54, 1.807) is 31.2 Å². The molecule has 1 aromatic rings. The van der Waals surface area contributed by atoms with Gasteiger partial charge < -0.3 is 26.4 Å². The molecule has 0 unspecified atom stereocenters. The lowest BCUT2D eigenvalue weighted by Crippen LogP contribution is -2.50. The molecule has 0 aliphatic carbocycles. The Bertz CT molecular complexity index is 1010. The van der Waals surface area contributed by atoms with E-state index in [-0.39, 0.29) is 12.3 Å². The summed E-state index contributed by atoms with van der Waals surface area (Å²) in [5.41, 5.74) is 5.01. The number of carbonyl (C=O) groups excluding carboxylic acids is 4. The first-order valence-electron chi connectivity index (χ1n) is 11.3. The van der Waals surface area contributed by atoms with Gasteiger partial charge in [0.25, 0.3) is 5.91 Å². The van der Waals surface area contributed by atoms with Crippen molar-refractivity contribution in [2.45, 2.75) is 51.1 Å². The summed E-state index contributed by atoms with van der Waals surface area (Å²) in [5.74, 6) is -3.27. The number of urea groups is 1. The van der Waals surface area contributed by atoms with Gasteiger partial charge in [0.1, 0.15) is 24.0 Å². The molecule has 12 nitrogen and oxygen atoms in total. The molecule has 190 valence electrons. The summed E-state index contributed by atoms with van der Waals surface area (Å²) in [5, 5.41) is 21.6. The van der Waals surface area contributed by atoms with Gasteiger partial charge in [-0.2, -0.15) is 0 Å². The Hall–Kier alpha value is -3.96. The number of hydrogen-bond acceptors (Lipinski definition) is 6. The van der Waals surface area contributed by atoms with Crippen LogP contribution in [0.15, 0.2) is 24.3 Å². The van der Waals surface area contributed by atoms with Crippen LogP contribution in [0.4, 0.5) is 4.79 Å². The number of nitrogens with two attached hydrogens (primary N) is 1. The Morgan fingerprint density at radius 3 is 2.31 bits per heavy atom. The number of carboxylic acid groups (broad SMARTS) is 1. The van der Waals surface area contributed by atoms with Gasteiger partial charge >= 0.3 is 12.0 Å². The number of likely N-dealkylation sites (N-methyl/N-ethyl adjacent to an activating group) is 1. The largest absolute Gasteiger partial charge is 0.480 e. The number of unbranched alkanes of at least 4 members (excludes halogenated alkanes) is 2. The van der Waals surface area contributed by atoms with E-state index >= 15 is 0 Å². The summed E-state index contributed by atoms with van der Waals surface area (Å²) < 4.78 is 0. The van der Waals surface area contributed by atoms with Crippen LogP contribution in [0.1, 0.15) is 50.7 Å². The van der Waals surface area contributed by atoms with Gasteiger partial charge in [-0.15, -0.1) is 0 Å². The van der Waals surface area contributed by atoms with Gasteiger partial charge in [0, 0.05) is 25.6 Å². The number of hydrogen-bond donors (Lipinski definition) is 5. The summed E-state index contributed by atoms with van der Waals surface area (Å²) in [6.45, 7) is 2.51. The van der Waals surface area contributed by atoms with Crippen molar-refractivity contribution in [3.63, 3.8) is 0 Å². The minimum absolute atomic E-state index is 0.140. The Morgan fingerprint density at radius 1 is 1.14 bits per heavy atom. The third kappa shape index (κ3) is 6.14. The molecule has 2 rings (SSSR count). The lowest BCUT2D eigenvalue weighted by atomic mass is 9.90. The van der Waals surface area contributed by atoms with Gasteiger partial charge in [0.2, 0.25) is 11.8 Å². The van der Waals surface area contributed by atoms with E-state index in [0.29, 0.717) is 17.5 Å². The van der Waals surface area contributed by atoms with Crippen molar-refractivity contribution in [1.82, 2.24) is 20.4 Å². The van der Waals surface area contributed by atoms with Crippen molar-refractivity contribution in [3.05, 3.63) is 35.4 Å². The highest BCUT2D eigenvalue weighted by molar-refractivity contribution is 6.09. The zero-order valence-electron chi connectivity index (χ0n) is 20.1. The predicted molar refractivity (Wildman–Crippen MR) is 126 cm³/mol. The molecular weight excluding hydrogens is 456 g/mol. The van der Waals surface area contributed by atoms with E-state index in [1.165, 1.54) is 11.9 Å². The molecule has 1 heterocycles. The summed E-state index contributed by atoms with van der Waals surface area (Å²) in [4.78, 5) is 63.8. The number of amides is 5. The van der Waals surface area contributed by atoms with Crippen molar-refractivity contribution < 1.29 is 29.1 Å². The molecule has 12 heteroatoms. The summed E-state index contributed by atoms with van der Waals surface area (Å²) >= 11 is 0. The Morgan fingerprint density at radius 2 is 1.77 bits per heavy atom. The topological polar surface area (TPSA) is 186 Å². The van der Waals surface area contributed by atoms with Crippen molar-refractivity contribution in [2.75, 3.05) is 20.1 Å². The van der Waals surface area contributed by atoms with E-state index in [0.717, 1.165) is 17.7 Å². The van der Waals surface area contributed by atoms with Gasteiger partial charge in [-0.1, -0.05) is 44.0 Å². The fraction of sp³-hybridized carbons (Fsp3) is 0.478. The number of rotatable bonds is 12. The molecule has 5 amide bonds. The normalized spacial score (nSPS) is 18.4. The highest BCUT2D eigenvalue weighted by Crippen LogP contribution is 2.35. The van der Waals surface area contributed by atoms with Crippen LogP contribution >= 0.6 is 0 Å². The van der Waals surface area contributed by atoms with E-state index in [1.807, 2.05) is 6.92 Å². The molecule has 1 fully saturated rings. The van der Waals surface area contributed by atoms with Gasteiger partial charge in [-0.25, -0.2) is 9.59 Å². The maximum atomic E-state index is 13.2. The zero-order chi connectivity index (χ0) is 26.3. The number of carboxylic acids is 1. The van der Waals surface area contributed by atoms with E-state index < -0.39 is 54.4 Å². The summed E-state index contributed by atoms with van der Waals surface area (Å²) in [7, 11) is 1.44. The molecule has 0 radical (unpaired) electrons. The van der Waals surface area contributed by atoms with Crippen LogP contribution in [0.2, 0.25) is 0 Å². The van der Waals surface area contributed by atoms with E-state index in [9.17, 15) is 29.1 Å². The second-order valence-electron chi connectivity index (χ2n) is 8.52. The molecule has 1 aromatic carbocycles. The van der Waals surface area contributed by atoms with Crippen LogP contribution < -0.4 is 16.4 Å². The Labute approximate surface area is 203 Å². The molecule has 0 bridgehead atoms. The monoisotopic (exact) mass is 488 g/mol. The molecule has 0 aromatic heterocycles. The minimum atomic E-state index is -1.39. The number of aliphatic carboxylic acids is 1. The summed E-state index contributed by atoms with van der Waals surface area (Å²) in [6.07, 6.45) is 2.57. The quantitative estimate of drug-likeness (QED) is 0.121. The first kappa shape index (κ1) is 27.3. The average molecular weight is 489 g/mol. The molecule has 1 saturated heterocycles. The number of nitrogen functional groups attached to an aromatic ring is 1. The van der Waals surface area contributed by atoms with E-state index in [4.69, 9.17) is 11.1 Å². The number of carbonyl (C=O) groups is 5. The van der Waals surface area contributed by atoms with Crippen molar-refractivity contribution in [3.8, 4) is 0 Å². The predicted octanol–water partition coefficient (Wildman–Crippen LogP) is 0.346. The summed E-state index contributed by atoms with van der Waals surface area (Å²) in [6, 6.07) is 4.26. The fourth-order valence-corrected chi connectivity index (χ4v) is 3.71. The lowest BCUT2D eigenvalue weighted by Gasteiger charge is -2.29. The highest BCUT2D eigenvalue weighted by Gasteiger charge is 2.54. The maximum Gasteiger partial charge on any atom is 0.328 e. The number of imide groups is 1. The minimum Gasteiger partial charge on any atom is -0.480 e. The second-order valence-corrected chi connectivity index (χ2v) is 8.52. The Kier molecular flexibility index (Phi) is 8.93. The first-order valence-corrected chi connectivity index (χ1v) is 11.3. The molecule has 2 atom stereocenters. The van der Waals surface area contributed by atoms with E-state index in [2.05, 4.69) is 10.6 Å². The van der Waals surface area contributed by atoms with Crippen LogP contribution in [0.3, 0.4) is 0 Å². The van der Waals surface area contributed by atoms with Gasteiger partial charge in [0.15, 0.2) is 0 Å². The smallest absolute Gasteiger partial charge is 0.328 e. The van der Waals surface area contributed by atoms with Crippen LogP contribution in [0, 0.1) is 5.41 Å². The van der Waals surface area contributed by atoms with Crippen LogP contribution in [-0.4, -0.2) is 76.6 Å². The van der Waals surface area contributed by atoms with Crippen LogP contribution in [-0.2, 0) is 24.7 Å². The maximum absolute atomic E-state index is 13.2. The molecule has 0 saturated carbocycles. The number of nitrogens with zero attached hydrogens (tertiary/aromatic N) is 2. The molecule has 6 N–H and O–H groups in total. The zero-order valence-corrected chi connectivity index (χ0v) is 20.1. The van der Waals surface area contributed by atoms with Gasteiger partial charge in [0.05, 0.1) is 0 Å². The van der Waals surface area contributed by atoms with Crippen molar-refractivity contribution in [1.29, 1.82) is 5.41 Å². The standard InChI is InChI=1S/C23H32N6O6/c1-4-5-6-7-17(30)27-16(20(32)33)12-26-18(31)13-29-21(34)23(2,28(3)22(29)35)15-10-8-14(9-11-15)19(24)25/h8-11,16H,4-7,12-13H2,1-3H3,(H3,24,25)(H,26,31)(H,27,30)(H,32,33)/t16-,23-/m0/s1. The molecule has 0 spiro atoms. The van der Waals surface area contributed by atoms with Gasteiger partial charge in [-0.05, 0) is 18.9 Å². The Balaban J connectivity index is 2.04. The average Bonchev–Trinajstić information content (AvgIpc) is 2.98. The molecule has 35 heavy (non-hydrogen) atoms. The lowest BCUT2D eigenvalue weighted by molar-refractivity contribution is -0.142. The second kappa shape index (κ2) is 11.4. The number of benzene rings is 1. The number of nitrogens with one attached hydrogen (secondary N) is 3. The molecule has 1 aliphatic rings. The van der Waals surface area contributed by atoms with Crippen molar-refractivity contribution >= 4 is 35.6 Å². The first-order chi connectivity index (χ1) is 16.4. The van der Waals surface area contributed by atoms with Crippen LogP contribution in [0.5, 0.6) is 0 Å². The number of amidine groups is 1. The third-order valence-corrected chi connectivity index (χ3v) is 6.05. The third-order valence-electron chi connectivity index (χ3n) is 6.05. The van der Waals surface area contributed by atoms with Gasteiger partial charge in [-0.3, -0.25) is 24.7 Å². The molecular formula is C23H32N6O6. The fourth-order valence-electron chi connectivity index (χ4n) is 3.71. The molecule has 1 aliphatic heterocycles. The van der Waals surface area contributed by atoms with Crippen LogP contribution in [0.25, 0.3) is 0 Å². The SMILES string of the molecule is CCCCCC(=O)N[C@@H](CNC(=O)CN1C(=O)N(C)[C@@](C)(c2ccc(C(=N)N)cc2)C1=O)C(=O)O. The van der Waals surface area contributed by atoms with Crippen molar-refractivity contribution in [2.24, 2.45) is 5.73 Å².